The molecule has 0 fully saturated rings. The fourth-order valence-corrected chi connectivity index (χ4v) is 3.16. The van der Waals surface area contributed by atoms with E-state index in [0.29, 0.717) is 0 Å². The number of rotatable bonds is 8. The van der Waals surface area contributed by atoms with Crippen molar-refractivity contribution in [1.82, 2.24) is 5.32 Å². The van der Waals surface area contributed by atoms with Gasteiger partial charge in [-0.2, -0.15) is 0 Å². The minimum Gasteiger partial charge on any atom is -0.478 e. The van der Waals surface area contributed by atoms with Crippen molar-refractivity contribution < 1.29 is 31.0 Å². The number of nitrogens with one attached hydrogen (secondary N) is 1. The van der Waals surface area contributed by atoms with Gasteiger partial charge < -0.3 is 25.6 Å². The standard InChI is InChI=1S/C19H23ClN2O5/c1-3-27-19(25)17-14(10-26-9-8-21)22-11(2)15(18(23)24)16(17)12-6-4-5-7-13(12)20/h4-7,16,22H,3,8-10,21H2,1-2H3,(H,23,24)/i1D3,3D2. The number of carboxylic acids is 1. The third-order valence-electron chi connectivity index (χ3n) is 3.96. The summed E-state index contributed by atoms with van der Waals surface area (Å²) in [5.41, 5.74) is 5.39. The highest BCUT2D eigenvalue weighted by atomic mass is 35.5. The summed E-state index contributed by atoms with van der Waals surface area (Å²) in [6.07, 6.45) is 0. The summed E-state index contributed by atoms with van der Waals surface area (Å²) < 4.78 is 47.4. The molecule has 146 valence electrons. The molecule has 1 heterocycles. The van der Waals surface area contributed by atoms with Gasteiger partial charge >= 0.3 is 11.9 Å². The Morgan fingerprint density at radius 3 is 2.78 bits per heavy atom. The van der Waals surface area contributed by atoms with Crippen molar-refractivity contribution in [1.29, 1.82) is 0 Å². The molecular weight excluding hydrogens is 372 g/mol. The number of ether oxygens (including phenoxy) is 2. The van der Waals surface area contributed by atoms with E-state index in [1.165, 1.54) is 19.1 Å². The number of hydrogen-bond acceptors (Lipinski definition) is 6. The van der Waals surface area contributed by atoms with Crippen molar-refractivity contribution >= 4 is 23.5 Å². The van der Waals surface area contributed by atoms with Crippen LogP contribution in [0.2, 0.25) is 5.02 Å². The molecule has 1 aromatic carbocycles. The number of carbonyl (C=O) groups is 2. The van der Waals surface area contributed by atoms with Gasteiger partial charge in [0.15, 0.2) is 0 Å². The van der Waals surface area contributed by atoms with Gasteiger partial charge in [0.2, 0.25) is 0 Å². The number of dihydropyridines is 1. The quantitative estimate of drug-likeness (QED) is 0.453. The second-order valence-corrected chi connectivity index (χ2v) is 6.06. The largest absolute Gasteiger partial charge is 0.478 e. The lowest BCUT2D eigenvalue weighted by Crippen LogP contribution is -2.34. The van der Waals surface area contributed by atoms with Crippen LogP contribution in [0, 0.1) is 0 Å². The molecule has 1 atom stereocenters. The van der Waals surface area contributed by atoms with E-state index in [2.05, 4.69) is 5.32 Å². The number of aliphatic carboxylic acids is 1. The Morgan fingerprint density at radius 2 is 2.15 bits per heavy atom. The van der Waals surface area contributed by atoms with Gasteiger partial charge in [-0.3, -0.25) is 0 Å². The average Bonchev–Trinajstić information content (AvgIpc) is 2.66. The predicted octanol–water partition coefficient (Wildman–Crippen LogP) is 2.18. The molecule has 0 amide bonds. The second-order valence-electron chi connectivity index (χ2n) is 5.65. The van der Waals surface area contributed by atoms with Gasteiger partial charge in [0.05, 0.1) is 45.3 Å². The summed E-state index contributed by atoms with van der Waals surface area (Å²) in [5, 5.41) is 12.8. The number of benzene rings is 1. The molecule has 1 unspecified atom stereocenters. The topological polar surface area (TPSA) is 111 Å². The van der Waals surface area contributed by atoms with E-state index in [0.717, 1.165) is 0 Å². The third kappa shape index (κ3) is 4.68. The average molecular weight is 400 g/mol. The van der Waals surface area contributed by atoms with E-state index < -0.39 is 31.3 Å². The van der Waals surface area contributed by atoms with E-state index in [1.54, 1.807) is 12.1 Å². The van der Waals surface area contributed by atoms with Crippen LogP contribution >= 0.6 is 11.6 Å². The van der Waals surface area contributed by atoms with Crippen LogP contribution in [-0.4, -0.2) is 43.4 Å². The Morgan fingerprint density at radius 1 is 1.41 bits per heavy atom. The van der Waals surface area contributed by atoms with Crippen LogP contribution in [0.15, 0.2) is 46.8 Å². The van der Waals surface area contributed by atoms with Crippen LogP contribution in [0.4, 0.5) is 0 Å². The highest BCUT2D eigenvalue weighted by molar-refractivity contribution is 6.31. The second kappa shape index (κ2) is 9.55. The van der Waals surface area contributed by atoms with E-state index >= 15 is 0 Å². The van der Waals surface area contributed by atoms with E-state index in [-0.39, 0.29) is 52.9 Å². The molecule has 1 aliphatic rings. The normalized spacial score (nSPS) is 20.7. The lowest BCUT2D eigenvalue weighted by atomic mass is 9.80. The Balaban J connectivity index is 2.70. The van der Waals surface area contributed by atoms with E-state index in [1.807, 2.05) is 0 Å². The van der Waals surface area contributed by atoms with Crippen LogP contribution in [0.25, 0.3) is 0 Å². The molecule has 0 spiro atoms. The summed E-state index contributed by atoms with van der Waals surface area (Å²) in [7, 11) is 0. The number of hydrogen-bond donors (Lipinski definition) is 3. The summed E-state index contributed by atoms with van der Waals surface area (Å²) in [4.78, 5) is 25.2. The molecule has 0 bridgehead atoms. The van der Waals surface area contributed by atoms with Gasteiger partial charge in [-0.15, -0.1) is 0 Å². The zero-order chi connectivity index (χ0) is 24.3. The maximum Gasteiger partial charge on any atom is 0.336 e. The predicted molar refractivity (Wildman–Crippen MR) is 101 cm³/mol. The summed E-state index contributed by atoms with van der Waals surface area (Å²) in [6, 6.07) is 6.22. The lowest BCUT2D eigenvalue weighted by molar-refractivity contribution is -0.139. The molecule has 1 aromatic rings. The molecule has 4 N–H and O–H groups in total. The number of allylic oxidation sites excluding steroid dienone is 1. The number of nitrogens with two attached hydrogens (primary N) is 1. The fourth-order valence-electron chi connectivity index (χ4n) is 2.91. The SMILES string of the molecule is [2H]C([2H])([2H])C([2H])([2H])OC(=O)C1=C(COCCN)NC(C)=C(C(=O)O)C1c1ccccc1Cl. The summed E-state index contributed by atoms with van der Waals surface area (Å²) >= 11 is 6.30. The molecule has 0 aromatic heterocycles. The number of esters is 1. The molecule has 0 saturated carbocycles. The first-order chi connectivity index (χ1) is 14.8. The number of halogens is 1. The van der Waals surface area contributed by atoms with Crippen molar-refractivity contribution in [2.24, 2.45) is 5.73 Å². The maximum absolute atomic E-state index is 13.1. The molecule has 7 nitrogen and oxygen atoms in total. The van der Waals surface area contributed by atoms with Gasteiger partial charge in [0.1, 0.15) is 0 Å². The molecule has 0 saturated heterocycles. The maximum atomic E-state index is 13.1. The zero-order valence-corrected chi connectivity index (χ0v) is 15.3. The number of carbonyl (C=O) groups excluding carboxylic acids is 1. The summed E-state index contributed by atoms with van der Waals surface area (Å²) in [5.74, 6) is -3.99. The van der Waals surface area contributed by atoms with Gasteiger partial charge in [-0.1, -0.05) is 29.8 Å². The summed E-state index contributed by atoms with van der Waals surface area (Å²) in [6.45, 7) is -5.04. The first-order valence-electron chi connectivity index (χ1n) is 10.5. The molecule has 0 radical (unpaired) electrons. The van der Waals surface area contributed by atoms with Crippen molar-refractivity contribution in [2.45, 2.75) is 19.7 Å². The van der Waals surface area contributed by atoms with Gasteiger partial charge in [0.25, 0.3) is 0 Å². The van der Waals surface area contributed by atoms with Gasteiger partial charge in [-0.25, -0.2) is 9.59 Å². The Hall–Kier alpha value is -2.35. The van der Waals surface area contributed by atoms with E-state index in [9.17, 15) is 14.7 Å². The Kier molecular flexibility index (Phi) is 5.19. The van der Waals surface area contributed by atoms with Gasteiger partial charge in [-0.05, 0) is 25.4 Å². The van der Waals surface area contributed by atoms with Crippen LogP contribution in [0.1, 0.15) is 32.1 Å². The highest BCUT2D eigenvalue weighted by Crippen LogP contribution is 2.41. The minimum absolute atomic E-state index is 0.0808. The van der Waals surface area contributed by atoms with E-state index in [4.69, 9.17) is 33.7 Å². The Bertz CT molecular complexity index is 962. The van der Waals surface area contributed by atoms with Crippen LogP contribution in [0.3, 0.4) is 0 Å². The first kappa shape index (κ1) is 14.7. The van der Waals surface area contributed by atoms with Crippen LogP contribution in [-0.2, 0) is 19.1 Å². The fraction of sp³-hybridized carbons (Fsp3) is 0.368. The highest BCUT2D eigenvalue weighted by Gasteiger charge is 2.39. The molecule has 1 aliphatic heterocycles. The molecule has 27 heavy (non-hydrogen) atoms. The zero-order valence-electron chi connectivity index (χ0n) is 19.5. The van der Waals surface area contributed by atoms with Crippen molar-refractivity contribution in [3.8, 4) is 0 Å². The lowest BCUT2D eigenvalue weighted by Gasteiger charge is -2.31. The van der Waals surface area contributed by atoms with Crippen molar-refractivity contribution in [2.75, 3.05) is 26.3 Å². The monoisotopic (exact) mass is 399 g/mol. The van der Waals surface area contributed by atoms with Crippen LogP contribution in [0.5, 0.6) is 0 Å². The van der Waals surface area contributed by atoms with Crippen molar-refractivity contribution in [3.05, 3.63) is 57.4 Å². The van der Waals surface area contributed by atoms with Crippen LogP contribution < -0.4 is 11.1 Å². The molecule has 2 rings (SSSR count). The molecule has 8 heteroatoms. The number of carboxylic acid groups (broad SMARTS) is 1. The molecule has 0 aliphatic carbocycles. The Labute approximate surface area is 169 Å². The minimum atomic E-state index is -3.33. The molecular formula is C19H23ClN2O5. The van der Waals surface area contributed by atoms with Gasteiger partial charge in [0, 0.05) is 21.4 Å². The smallest absolute Gasteiger partial charge is 0.336 e. The third-order valence-corrected chi connectivity index (χ3v) is 4.31. The first-order valence-corrected chi connectivity index (χ1v) is 8.39. The van der Waals surface area contributed by atoms with Crippen molar-refractivity contribution in [3.63, 3.8) is 0 Å².